The van der Waals surface area contributed by atoms with E-state index in [0.717, 1.165) is 30.6 Å². The Balaban J connectivity index is 2.41. The Kier molecular flexibility index (Phi) is 5.41. The van der Waals surface area contributed by atoms with Crippen molar-refractivity contribution in [2.45, 2.75) is 25.7 Å². The molecule has 0 unspecified atom stereocenters. The predicted octanol–water partition coefficient (Wildman–Crippen LogP) is 0.357. The van der Waals surface area contributed by atoms with Crippen LogP contribution in [-0.4, -0.2) is 52.7 Å². The van der Waals surface area contributed by atoms with Crippen LogP contribution in [0.3, 0.4) is 0 Å². The monoisotopic (exact) mass is 258 g/mol. The topological polar surface area (TPSA) is 107 Å². The minimum atomic E-state index is -1.23. The van der Waals surface area contributed by atoms with E-state index in [9.17, 15) is 14.4 Å². The molecule has 0 heterocycles. The number of carbonyl (C=O) groups excluding carboxylic acids is 1. The average molecular weight is 258 g/mol. The molecule has 1 rings (SSSR count). The third-order valence-electron chi connectivity index (χ3n) is 2.96. The van der Waals surface area contributed by atoms with Crippen molar-refractivity contribution in [3.8, 4) is 0 Å². The largest absolute Gasteiger partial charge is 0.480 e. The van der Waals surface area contributed by atoms with E-state index in [-0.39, 0.29) is 0 Å². The third-order valence-corrected chi connectivity index (χ3v) is 2.96. The molecule has 3 N–H and O–H groups in total. The summed E-state index contributed by atoms with van der Waals surface area (Å²) in [7, 11) is 0. The van der Waals surface area contributed by atoms with Crippen molar-refractivity contribution >= 4 is 18.0 Å². The Bertz CT molecular complexity index is 309. The lowest BCUT2D eigenvalue weighted by molar-refractivity contribution is -0.140. The Hall–Kier alpha value is -1.79. The zero-order valence-electron chi connectivity index (χ0n) is 10.1. The van der Waals surface area contributed by atoms with E-state index in [0.29, 0.717) is 12.5 Å². The van der Waals surface area contributed by atoms with Gasteiger partial charge in [-0.25, -0.2) is 4.79 Å². The van der Waals surface area contributed by atoms with Crippen molar-refractivity contribution in [3.63, 3.8) is 0 Å². The molecule has 7 nitrogen and oxygen atoms in total. The van der Waals surface area contributed by atoms with Crippen LogP contribution < -0.4 is 5.32 Å². The van der Waals surface area contributed by atoms with E-state index in [2.05, 4.69) is 5.32 Å². The van der Waals surface area contributed by atoms with Crippen LogP contribution in [0.1, 0.15) is 25.7 Å². The average Bonchev–Trinajstić information content (AvgIpc) is 2.76. The van der Waals surface area contributed by atoms with Gasteiger partial charge >= 0.3 is 18.0 Å². The number of rotatable bonds is 6. The number of amides is 2. The van der Waals surface area contributed by atoms with Crippen LogP contribution in [0.2, 0.25) is 0 Å². The molecule has 0 saturated heterocycles. The summed E-state index contributed by atoms with van der Waals surface area (Å²) in [5.74, 6) is -2.04. The fourth-order valence-corrected chi connectivity index (χ4v) is 2.08. The van der Waals surface area contributed by atoms with Crippen molar-refractivity contribution in [3.05, 3.63) is 0 Å². The second-order valence-corrected chi connectivity index (χ2v) is 4.48. The van der Waals surface area contributed by atoms with Gasteiger partial charge in [0.15, 0.2) is 0 Å². The summed E-state index contributed by atoms with van der Waals surface area (Å²) in [6.45, 7) is -0.736. The number of aliphatic carboxylic acids is 2. The summed E-state index contributed by atoms with van der Waals surface area (Å²) >= 11 is 0. The number of urea groups is 1. The van der Waals surface area contributed by atoms with Gasteiger partial charge in [0, 0.05) is 6.54 Å². The van der Waals surface area contributed by atoms with Crippen molar-refractivity contribution in [1.82, 2.24) is 10.2 Å². The minimum Gasteiger partial charge on any atom is -0.480 e. The summed E-state index contributed by atoms with van der Waals surface area (Å²) < 4.78 is 0. The van der Waals surface area contributed by atoms with Crippen LogP contribution >= 0.6 is 0 Å². The van der Waals surface area contributed by atoms with E-state index in [1.54, 1.807) is 0 Å². The van der Waals surface area contributed by atoms with E-state index >= 15 is 0 Å². The Morgan fingerprint density at radius 1 is 1.06 bits per heavy atom. The first kappa shape index (κ1) is 14.3. The van der Waals surface area contributed by atoms with Crippen molar-refractivity contribution < 1.29 is 24.6 Å². The maximum Gasteiger partial charge on any atom is 0.323 e. The number of nitrogens with one attached hydrogen (secondary N) is 1. The van der Waals surface area contributed by atoms with Crippen LogP contribution in [0.4, 0.5) is 4.79 Å². The van der Waals surface area contributed by atoms with Gasteiger partial charge in [0.05, 0.1) is 0 Å². The number of hydrogen-bond donors (Lipinski definition) is 3. The van der Waals surface area contributed by atoms with Gasteiger partial charge in [-0.1, -0.05) is 12.8 Å². The molecule has 1 aliphatic carbocycles. The third kappa shape index (κ3) is 5.03. The molecule has 0 aromatic heterocycles. The molecule has 18 heavy (non-hydrogen) atoms. The quantitative estimate of drug-likeness (QED) is 0.637. The first-order valence-electron chi connectivity index (χ1n) is 5.95. The zero-order chi connectivity index (χ0) is 13.5. The van der Waals surface area contributed by atoms with Gasteiger partial charge in [0.25, 0.3) is 0 Å². The van der Waals surface area contributed by atoms with Crippen LogP contribution in [-0.2, 0) is 9.59 Å². The van der Waals surface area contributed by atoms with Crippen LogP contribution in [0.15, 0.2) is 0 Å². The molecule has 1 saturated carbocycles. The molecule has 0 atom stereocenters. The first-order valence-corrected chi connectivity index (χ1v) is 5.95. The Morgan fingerprint density at radius 2 is 1.56 bits per heavy atom. The zero-order valence-corrected chi connectivity index (χ0v) is 10.1. The van der Waals surface area contributed by atoms with E-state index in [4.69, 9.17) is 10.2 Å². The number of nitrogens with zero attached hydrogens (tertiary/aromatic N) is 1. The fourth-order valence-electron chi connectivity index (χ4n) is 2.08. The summed E-state index contributed by atoms with van der Waals surface area (Å²) in [4.78, 5) is 33.5. The standard InChI is InChI=1S/C11H18N2O5/c14-9(15)6-13(7-10(16)17)11(18)12-5-8-3-1-2-4-8/h8H,1-7H2,(H,12,18)(H,14,15)(H,16,17). The lowest BCUT2D eigenvalue weighted by atomic mass is 10.1. The smallest absolute Gasteiger partial charge is 0.323 e. The molecule has 0 aromatic rings. The SMILES string of the molecule is O=C(O)CN(CC(=O)O)C(=O)NCC1CCCC1. The molecular formula is C11H18N2O5. The molecule has 0 radical (unpaired) electrons. The van der Waals surface area contributed by atoms with Gasteiger partial charge in [0.2, 0.25) is 0 Å². The van der Waals surface area contributed by atoms with E-state index in [1.165, 1.54) is 0 Å². The lowest BCUT2D eigenvalue weighted by Crippen LogP contribution is -2.46. The van der Waals surface area contributed by atoms with Crippen LogP contribution in [0, 0.1) is 5.92 Å². The first-order chi connectivity index (χ1) is 8.49. The van der Waals surface area contributed by atoms with Gasteiger partial charge in [-0.05, 0) is 18.8 Å². The molecular weight excluding hydrogens is 240 g/mol. The summed E-state index contributed by atoms with van der Waals surface area (Å²) in [5.41, 5.74) is 0. The molecule has 1 fully saturated rings. The normalized spacial score (nSPS) is 15.3. The number of hydrogen-bond acceptors (Lipinski definition) is 3. The summed E-state index contributed by atoms with van der Waals surface area (Å²) in [6, 6.07) is -0.633. The second kappa shape index (κ2) is 6.83. The fraction of sp³-hybridized carbons (Fsp3) is 0.727. The number of carboxylic acid groups (broad SMARTS) is 2. The molecule has 0 aromatic carbocycles. The van der Waals surface area contributed by atoms with E-state index < -0.39 is 31.1 Å². The van der Waals surface area contributed by atoms with Crippen molar-refractivity contribution in [2.24, 2.45) is 5.92 Å². The van der Waals surface area contributed by atoms with Gasteiger partial charge in [-0.15, -0.1) is 0 Å². The molecule has 102 valence electrons. The molecule has 0 spiro atoms. The Labute approximate surface area is 105 Å². The molecule has 0 aliphatic heterocycles. The molecule has 2 amide bonds. The minimum absolute atomic E-state index is 0.422. The number of carbonyl (C=O) groups is 3. The highest BCUT2D eigenvalue weighted by Crippen LogP contribution is 2.23. The predicted molar refractivity (Wildman–Crippen MR) is 62.2 cm³/mol. The lowest BCUT2D eigenvalue weighted by Gasteiger charge is -2.20. The van der Waals surface area contributed by atoms with Gasteiger partial charge < -0.3 is 20.4 Å². The van der Waals surface area contributed by atoms with Gasteiger partial charge in [-0.2, -0.15) is 0 Å². The molecule has 7 heteroatoms. The van der Waals surface area contributed by atoms with Gasteiger partial charge in [-0.3, -0.25) is 9.59 Å². The van der Waals surface area contributed by atoms with Crippen LogP contribution in [0.5, 0.6) is 0 Å². The van der Waals surface area contributed by atoms with Crippen LogP contribution in [0.25, 0.3) is 0 Å². The highest BCUT2D eigenvalue weighted by molar-refractivity contribution is 5.84. The molecule has 1 aliphatic rings. The van der Waals surface area contributed by atoms with E-state index in [1.807, 2.05) is 0 Å². The maximum absolute atomic E-state index is 11.7. The highest BCUT2D eigenvalue weighted by Gasteiger charge is 2.21. The van der Waals surface area contributed by atoms with Gasteiger partial charge in [0.1, 0.15) is 13.1 Å². The summed E-state index contributed by atoms with van der Waals surface area (Å²) in [5, 5.41) is 19.8. The Morgan fingerprint density at radius 3 is 2.00 bits per heavy atom. The number of carboxylic acids is 2. The second-order valence-electron chi connectivity index (χ2n) is 4.48. The maximum atomic E-state index is 11.7. The van der Waals surface area contributed by atoms with Crippen molar-refractivity contribution in [2.75, 3.05) is 19.6 Å². The highest BCUT2D eigenvalue weighted by atomic mass is 16.4. The van der Waals surface area contributed by atoms with Crippen molar-refractivity contribution in [1.29, 1.82) is 0 Å². The summed E-state index contributed by atoms with van der Waals surface area (Å²) in [6.07, 6.45) is 4.40. The molecule has 0 bridgehead atoms.